The number of hydrogen-bond acceptors (Lipinski definition) is 8. The average molecular weight is 492 g/mol. The van der Waals surface area contributed by atoms with Gasteiger partial charge in [0, 0.05) is 6.54 Å². The quantitative estimate of drug-likeness (QED) is 0.416. The molecular weight excluding hydrogens is 462 g/mol. The molecule has 0 aliphatic carbocycles. The van der Waals surface area contributed by atoms with Crippen molar-refractivity contribution in [3.8, 4) is 5.75 Å². The summed E-state index contributed by atoms with van der Waals surface area (Å²) >= 11 is 0.970. The van der Waals surface area contributed by atoms with Gasteiger partial charge in [-0.05, 0) is 57.0 Å². The van der Waals surface area contributed by atoms with Gasteiger partial charge in [0.2, 0.25) is 0 Å². The molecule has 0 saturated heterocycles. The number of thiophene rings is 1. The highest BCUT2D eigenvalue weighted by Crippen LogP contribution is 2.22. The summed E-state index contributed by atoms with van der Waals surface area (Å²) in [5.41, 5.74) is 0.548. The lowest BCUT2D eigenvalue weighted by molar-refractivity contribution is -0.142. The Balaban J connectivity index is 2.03. The molecule has 1 atom stereocenters. The zero-order valence-corrected chi connectivity index (χ0v) is 20.5. The SMILES string of the molecule is COC(=O)[C@H](CNC(=O)OC(C)(C)C)NC(=O)c1sc(C(=O)NCc2cccc(O)c2)cc1C. The number of phenols is 1. The predicted molar refractivity (Wildman–Crippen MR) is 126 cm³/mol. The van der Waals surface area contributed by atoms with Crippen LogP contribution in [0.1, 0.15) is 51.2 Å². The number of rotatable bonds is 8. The highest BCUT2D eigenvalue weighted by Gasteiger charge is 2.26. The Morgan fingerprint density at radius 1 is 1.09 bits per heavy atom. The van der Waals surface area contributed by atoms with Crippen LogP contribution in [0, 0.1) is 6.92 Å². The first kappa shape index (κ1) is 26.7. The van der Waals surface area contributed by atoms with Crippen LogP contribution in [0.25, 0.3) is 0 Å². The fourth-order valence-electron chi connectivity index (χ4n) is 2.81. The number of phenolic OH excluding ortho intramolecular Hbond substituents is 1. The maximum Gasteiger partial charge on any atom is 0.407 e. The van der Waals surface area contributed by atoms with Crippen molar-refractivity contribution >= 4 is 35.2 Å². The number of benzene rings is 1. The third kappa shape index (κ3) is 8.07. The molecule has 1 aromatic carbocycles. The van der Waals surface area contributed by atoms with Crippen LogP contribution in [0.2, 0.25) is 0 Å². The fraction of sp³-hybridized carbons (Fsp3) is 0.391. The molecule has 3 amide bonds. The number of nitrogens with one attached hydrogen (secondary N) is 3. The van der Waals surface area contributed by atoms with Crippen LogP contribution in [0.3, 0.4) is 0 Å². The fourth-order valence-corrected chi connectivity index (χ4v) is 3.81. The summed E-state index contributed by atoms with van der Waals surface area (Å²) < 4.78 is 9.84. The maximum atomic E-state index is 12.8. The first-order valence-electron chi connectivity index (χ1n) is 10.4. The topological polar surface area (TPSA) is 143 Å². The van der Waals surface area contributed by atoms with E-state index in [1.54, 1.807) is 45.9 Å². The van der Waals surface area contributed by atoms with E-state index in [9.17, 15) is 24.3 Å². The van der Waals surface area contributed by atoms with Gasteiger partial charge in [0.25, 0.3) is 11.8 Å². The number of carbonyl (C=O) groups excluding carboxylic acids is 4. The number of alkyl carbamates (subject to hydrolysis) is 1. The Morgan fingerprint density at radius 2 is 1.79 bits per heavy atom. The molecule has 0 saturated carbocycles. The molecule has 0 aliphatic rings. The second-order valence-electron chi connectivity index (χ2n) is 8.41. The standard InChI is InChI=1S/C23H29N3O7S/c1-13-9-17(19(28)24-11-14-7-6-8-15(27)10-14)34-18(13)20(29)26-16(21(30)32-5)12-25-22(31)33-23(2,3)4/h6-10,16,27H,11-12H2,1-5H3,(H,24,28)(H,25,31)(H,26,29)/t16-/m0/s1. The smallest absolute Gasteiger partial charge is 0.407 e. The van der Waals surface area contributed by atoms with Crippen LogP contribution >= 0.6 is 11.3 Å². The van der Waals surface area contributed by atoms with Gasteiger partial charge in [-0.15, -0.1) is 11.3 Å². The van der Waals surface area contributed by atoms with Gasteiger partial charge in [0.05, 0.1) is 23.4 Å². The van der Waals surface area contributed by atoms with Crippen molar-refractivity contribution in [2.45, 2.75) is 45.9 Å². The molecule has 34 heavy (non-hydrogen) atoms. The van der Waals surface area contributed by atoms with Crippen molar-refractivity contribution in [1.82, 2.24) is 16.0 Å². The zero-order chi connectivity index (χ0) is 25.5. The molecule has 0 bridgehead atoms. The minimum Gasteiger partial charge on any atom is -0.508 e. The summed E-state index contributed by atoms with van der Waals surface area (Å²) in [5, 5.41) is 17.2. The number of aryl methyl sites for hydroxylation is 1. The lowest BCUT2D eigenvalue weighted by atomic mass is 10.2. The number of amides is 3. The summed E-state index contributed by atoms with van der Waals surface area (Å²) in [4.78, 5) is 49.9. The van der Waals surface area contributed by atoms with Gasteiger partial charge in [-0.25, -0.2) is 9.59 Å². The van der Waals surface area contributed by atoms with Crippen molar-refractivity contribution in [2.75, 3.05) is 13.7 Å². The Labute approximate surface area is 201 Å². The van der Waals surface area contributed by atoms with E-state index in [1.165, 1.54) is 19.2 Å². The third-order valence-electron chi connectivity index (χ3n) is 4.35. The van der Waals surface area contributed by atoms with E-state index in [-0.39, 0.29) is 29.6 Å². The van der Waals surface area contributed by atoms with Crippen molar-refractivity contribution in [1.29, 1.82) is 0 Å². The maximum absolute atomic E-state index is 12.8. The Kier molecular flexibility index (Phi) is 9.02. The summed E-state index contributed by atoms with van der Waals surface area (Å²) in [6.07, 6.45) is -0.742. The molecule has 4 N–H and O–H groups in total. The molecule has 0 aliphatic heterocycles. The molecule has 0 spiro atoms. The highest BCUT2D eigenvalue weighted by atomic mass is 32.1. The van der Waals surface area contributed by atoms with Gasteiger partial charge >= 0.3 is 12.1 Å². The Hall–Kier alpha value is -3.60. The lowest BCUT2D eigenvalue weighted by Crippen LogP contribution is -2.49. The molecule has 1 heterocycles. The largest absolute Gasteiger partial charge is 0.508 e. The monoisotopic (exact) mass is 491 g/mol. The van der Waals surface area contributed by atoms with Crippen LogP contribution in [0.5, 0.6) is 5.75 Å². The van der Waals surface area contributed by atoms with Gasteiger partial charge in [-0.2, -0.15) is 0 Å². The number of aromatic hydroxyl groups is 1. The first-order chi connectivity index (χ1) is 15.9. The van der Waals surface area contributed by atoms with Gasteiger partial charge in [0.15, 0.2) is 0 Å². The van der Waals surface area contributed by atoms with Crippen molar-refractivity contribution in [3.63, 3.8) is 0 Å². The molecule has 2 rings (SSSR count). The Bertz CT molecular complexity index is 1060. The molecule has 10 nitrogen and oxygen atoms in total. The predicted octanol–water partition coefficient (Wildman–Crippen LogP) is 2.49. The summed E-state index contributed by atoms with van der Waals surface area (Å²) in [7, 11) is 1.17. The Morgan fingerprint density at radius 3 is 2.41 bits per heavy atom. The van der Waals surface area contributed by atoms with Crippen LogP contribution < -0.4 is 16.0 Å². The van der Waals surface area contributed by atoms with Crippen LogP contribution in [0.15, 0.2) is 30.3 Å². The average Bonchev–Trinajstić information content (AvgIpc) is 3.15. The molecular formula is C23H29N3O7S. The number of ether oxygens (including phenoxy) is 2. The van der Waals surface area contributed by atoms with E-state index in [1.807, 2.05) is 0 Å². The highest BCUT2D eigenvalue weighted by molar-refractivity contribution is 7.16. The van der Waals surface area contributed by atoms with Gasteiger partial charge in [-0.1, -0.05) is 12.1 Å². The van der Waals surface area contributed by atoms with Crippen LogP contribution in [-0.2, 0) is 20.8 Å². The summed E-state index contributed by atoms with van der Waals surface area (Å²) in [6, 6.07) is 6.92. The second-order valence-corrected chi connectivity index (χ2v) is 9.46. The van der Waals surface area contributed by atoms with E-state index in [2.05, 4.69) is 16.0 Å². The van der Waals surface area contributed by atoms with E-state index in [4.69, 9.17) is 9.47 Å². The first-order valence-corrected chi connectivity index (χ1v) is 11.2. The van der Waals surface area contributed by atoms with Crippen molar-refractivity contribution in [2.24, 2.45) is 0 Å². The van der Waals surface area contributed by atoms with E-state index >= 15 is 0 Å². The van der Waals surface area contributed by atoms with Gasteiger partial charge in [-0.3, -0.25) is 9.59 Å². The second kappa shape index (κ2) is 11.5. The normalized spacial score (nSPS) is 11.8. The zero-order valence-electron chi connectivity index (χ0n) is 19.7. The molecule has 1 aromatic heterocycles. The molecule has 11 heteroatoms. The molecule has 184 valence electrons. The number of esters is 1. The number of carbonyl (C=O) groups is 4. The summed E-state index contributed by atoms with van der Waals surface area (Å²) in [5.74, 6) is -1.62. The molecule has 0 fully saturated rings. The van der Waals surface area contributed by atoms with Gasteiger partial charge in [0.1, 0.15) is 17.4 Å². The van der Waals surface area contributed by atoms with Gasteiger partial charge < -0.3 is 30.5 Å². The molecule has 0 unspecified atom stereocenters. The van der Waals surface area contributed by atoms with E-state index in [0.717, 1.165) is 16.9 Å². The van der Waals surface area contributed by atoms with Crippen LogP contribution in [0.4, 0.5) is 4.79 Å². The number of hydrogen-bond donors (Lipinski definition) is 4. The molecule has 0 radical (unpaired) electrons. The minimum absolute atomic E-state index is 0.0963. The van der Waals surface area contributed by atoms with Crippen LogP contribution in [-0.4, -0.2) is 54.3 Å². The van der Waals surface area contributed by atoms with E-state index in [0.29, 0.717) is 10.4 Å². The van der Waals surface area contributed by atoms with Crippen molar-refractivity contribution in [3.05, 3.63) is 51.2 Å². The summed E-state index contributed by atoms with van der Waals surface area (Å²) in [6.45, 7) is 6.72. The third-order valence-corrected chi connectivity index (χ3v) is 5.59. The molecule has 2 aromatic rings. The number of methoxy groups -OCH3 is 1. The minimum atomic E-state index is -1.16. The van der Waals surface area contributed by atoms with E-state index < -0.39 is 29.6 Å². The lowest BCUT2D eigenvalue weighted by Gasteiger charge is -2.21. The van der Waals surface area contributed by atoms with Crippen molar-refractivity contribution < 1.29 is 33.8 Å².